The minimum atomic E-state index is 1.13. The number of hydrogen-bond donors (Lipinski definition) is 0. The van der Waals surface area contributed by atoms with Gasteiger partial charge in [-0.1, -0.05) is 42.5 Å². The summed E-state index contributed by atoms with van der Waals surface area (Å²) in [5.74, 6) is 0. The Labute approximate surface area is 115 Å². The van der Waals surface area contributed by atoms with Crippen molar-refractivity contribution in [3.63, 3.8) is 0 Å². The Bertz CT molecular complexity index is 495. The van der Waals surface area contributed by atoms with E-state index in [2.05, 4.69) is 59.5 Å². The molecule has 0 aliphatic carbocycles. The molecule has 98 valence electrons. The van der Waals surface area contributed by atoms with Gasteiger partial charge in [0.1, 0.15) is 0 Å². The van der Waals surface area contributed by atoms with Crippen LogP contribution in [0.2, 0.25) is 0 Å². The van der Waals surface area contributed by atoms with Gasteiger partial charge >= 0.3 is 0 Å². The van der Waals surface area contributed by atoms with Crippen molar-refractivity contribution in [2.24, 2.45) is 0 Å². The number of aryl methyl sites for hydroxylation is 2. The van der Waals surface area contributed by atoms with Crippen molar-refractivity contribution < 1.29 is 0 Å². The summed E-state index contributed by atoms with van der Waals surface area (Å²) in [4.78, 5) is 2.49. The van der Waals surface area contributed by atoms with Crippen molar-refractivity contribution >= 4 is 5.69 Å². The number of nitrogens with zero attached hydrogens (tertiary/aromatic N) is 1. The zero-order valence-corrected chi connectivity index (χ0v) is 11.4. The molecule has 2 aromatic carbocycles. The third kappa shape index (κ3) is 3.17. The van der Waals surface area contributed by atoms with Crippen LogP contribution >= 0.6 is 0 Å². The Morgan fingerprint density at radius 2 is 1.26 bits per heavy atom. The van der Waals surface area contributed by atoms with Crippen molar-refractivity contribution in [1.29, 1.82) is 0 Å². The number of rotatable bonds is 4. The Balaban J connectivity index is 1.60. The van der Waals surface area contributed by atoms with Crippen molar-refractivity contribution in [1.82, 2.24) is 0 Å². The fraction of sp³-hybridized carbons (Fsp3) is 0.333. The van der Waals surface area contributed by atoms with E-state index < -0.39 is 0 Å². The van der Waals surface area contributed by atoms with Crippen LogP contribution in [0.5, 0.6) is 0 Å². The second-order valence-electron chi connectivity index (χ2n) is 5.35. The molecule has 1 saturated heterocycles. The molecule has 0 spiro atoms. The molecule has 0 aromatic heterocycles. The van der Waals surface area contributed by atoms with Gasteiger partial charge in [0.2, 0.25) is 0 Å². The third-order valence-corrected chi connectivity index (χ3v) is 3.95. The van der Waals surface area contributed by atoms with Gasteiger partial charge in [0.25, 0.3) is 0 Å². The van der Waals surface area contributed by atoms with E-state index in [-0.39, 0.29) is 0 Å². The summed E-state index contributed by atoms with van der Waals surface area (Å²) in [7, 11) is 0. The van der Waals surface area contributed by atoms with Crippen molar-refractivity contribution in [2.45, 2.75) is 25.7 Å². The van der Waals surface area contributed by atoms with Gasteiger partial charge in [-0.2, -0.15) is 0 Å². The largest absolute Gasteiger partial charge is 0.372 e. The Kier molecular flexibility index (Phi) is 3.83. The van der Waals surface area contributed by atoms with E-state index in [9.17, 15) is 0 Å². The maximum Gasteiger partial charge on any atom is 0.0366 e. The van der Waals surface area contributed by atoms with Crippen LogP contribution in [0, 0.1) is 0 Å². The molecule has 1 aliphatic heterocycles. The third-order valence-electron chi connectivity index (χ3n) is 3.95. The average molecular weight is 251 g/mol. The lowest BCUT2D eigenvalue weighted by Crippen LogP contribution is -2.17. The summed E-state index contributed by atoms with van der Waals surface area (Å²) >= 11 is 0. The minimum absolute atomic E-state index is 1.13. The van der Waals surface area contributed by atoms with Crippen LogP contribution < -0.4 is 4.90 Å². The molecule has 0 unspecified atom stereocenters. The highest BCUT2D eigenvalue weighted by Gasteiger charge is 2.11. The van der Waals surface area contributed by atoms with Crippen molar-refractivity contribution in [2.75, 3.05) is 18.0 Å². The lowest BCUT2D eigenvalue weighted by molar-refractivity contribution is 0.948. The second kappa shape index (κ2) is 5.92. The molecule has 3 rings (SSSR count). The van der Waals surface area contributed by atoms with Gasteiger partial charge in [0, 0.05) is 18.8 Å². The Morgan fingerprint density at radius 1 is 0.684 bits per heavy atom. The summed E-state index contributed by atoms with van der Waals surface area (Å²) in [6, 6.07) is 19.9. The monoisotopic (exact) mass is 251 g/mol. The molecule has 19 heavy (non-hydrogen) atoms. The molecule has 0 N–H and O–H groups in total. The molecule has 0 bridgehead atoms. The molecule has 1 heteroatoms. The van der Waals surface area contributed by atoms with Crippen LogP contribution in [0.1, 0.15) is 24.0 Å². The highest BCUT2D eigenvalue weighted by molar-refractivity contribution is 5.48. The first-order valence-corrected chi connectivity index (χ1v) is 7.30. The summed E-state index contributed by atoms with van der Waals surface area (Å²) in [5.41, 5.74) is 4.25. The van der Waals surface area contributed by atoms with E-state index in [1.807, 2.05) is 0 Å². The molecule has 0 amide bonds. The first-order chi connectivity index (χ1) is 9.42. The van der Waals surface area contributed by atoms with E-state index in [0.717, 1.165) is 12.8 Å². The maximum atomic E-state index is 2.49. The van der Waals surface area contributed by atoms with E-state index in [0.29, 0.717) is 0 Å². The minimum Gasteiger partial charge on any atom is -0.372 e. The van der Waals surface area contributed by atoms with Crippen LogP contribution in [-0.4, -0.2) is 13.1 Å². The summed E-state index contributed by atoms with van der Waals surface area (Å²) < 4.78 is 0. The van der Waals surface area contributed by atoms with Gasteiger partial charge < -0.3 is 4.90 Å². The zero-order chi connectivity index (χ0) is 12.9. The number of anilines is 1. The normalized spacial score (nSPS) is 14.8. The van der Waals surface area contributed by atoms with Gasteiger partial charge in [-0.15, -0.1) is 0 Å². The van der Waals surface area contributed by atoms with E-state index >= 15 is 0 Å². The Hall–Kier alpha value is -1.76. The molecular weight excluding hydrogens is 230 g/mol. The second-order valence-corrected chi connectivity index (χ2v) is 5.35. The first kappa shape index (κ1) is 12.3. The molecule has 1 aliphatic rings. The predicted octanol–water partition coefficient (Wildman–Crippen LogP) is 4.07. The quantitative estimate of drug-likeness (QED) is 0.791. The van der Waals surface area contributed by atoms with Crippen LogP contribution in [0.25, 0.3) is 0 Å². The van der Waals surface area contributed by atoms with Crippen molar-refractivity contribution in [3.05, 3.63) is 65.7 Å². The topological polar surface area (TPSA) is 3.24 Å². The Morgan fingerprint density at radius 3 is 1.89 bits per heavy atom. The van der Waals surface area contributed by atoms with Crippen LogP contribution in [0.4, 0.5) is 5.69 Å². The summed E-state index contributed by atoms with van der Waals surface area (Å²) in [5, 5.41) is 0. The molecule has 1 heterocycles. The summed E-state index contributed by atoms with van der Waals surface area (Å²) in [6.45, 7) is 2.45. The molecular formula is C18H21N. The first-order valence-electron chi connectivity index (χ1n) is 7.30. The van der Waals surface area contributed by atoms with Crippen molar-refractivity contribution in [3.8, 4) is 0 Å². The van der Waals surface area contributed by atoms with Gasteiger partial charge in [-0.05, 0) is 48.9 Å². The maximum absolute atomic E-state index is 2.49. The molecule has 0 atom stereocenters. The molecule has 1 fully saturated rings. The molecule has 2 aromatic rings. The van der Waals surface area contributed by atoms with Gasteiger partial charge in [0.05, 0.1) is 0 Å². The number of hydrogen-bond acceptors (Lipinski definition) is 1. The molecule has 0 saturated carbocycles. The highest BCUT2D eigenvalue weighted by Crippen LogP contribution is 2.20. The van der Waals surface area contributed by atoms with E-state index in [4.69, 9.17) is 0 Å². The van der Waals surface area contributed by atoms with Gasteiger partial charge in [0.15, 0.2) is 0 Å². The predicted molar refractivity (Wildman–Crippen MR) is 81.7 cm³/mol. The zero-order valence-electron chi connectivity index (χ0n) is 11.4. The summed E-state index contributed by atoms with van der Waals surface area (Å²) in [6.07, 6.45) is 4.94. The lowest BCUT2D eigenvalue weighted by atomic mass is 10.0. The fourth-order valence-corrected chi connectivity index (χ4v) is 2.78. The fourth-order valence-electron chi connectivity index (χ4n) is 2.78. The molecule has 0 radical (unpaired) electrons. The van der Waals surface area contributed by atoms with Gasteiger partial charge in [-0.3, -0.25) is 0 Å². The lowest BCUT2D eigenvalue weighted by Gasteiger charge is -2.17. The standard InChI is InChI=1S/C18H21N/c1-2-6-16(7-3-1)8-9-17-10-12-18(13-11-17)19-14-4-5-15-19/h1-3,6-7,10-13H,4-5,8-9,14-15H2. The van der Waals surface area contributed by atoms with E-state index in [1.54, 1.807) is 0 Å². The van der Waals surface area contributed by atoms with Gasteiger partial charge in [-0.25, -0.2) is 0 Å². The molecule has 1 nitrogen and oxygen atoms in total. The van der Waals surface area contributed by atoms with E-state index in [1.165, 1.54) is 42.7 Å². The smallest absolute Gasteiger partial charge is 0.0366 e. The SMILES string of the molecule is c1ccc(CCc2ccc(N3CCCC3)cc2)cc1. The van der Waals surface area contributed by atoms with Crippen LogP contribution in [0.15, 0.2) is 54.6 Å². The van der Waals surface area contributed by atoms with Crippen LogP contribution in [-0.2, 0) is 12.8 Å². The van der Waals surface area contributed by atoms with Crippen LogP contribution in [0.3, 0.4) is 0 Å². The number of benzene rings is 2. The average Bonchev–Trinajstić information content (AvgIpc) is 3.01. The highest BCUT2D eigenvalue weighted by atomic mass is 15.1.